The largest absolute Gasteiger partial charge is 0.368 e. The Labute approximate surface area is 166 Å². The molecule has 1 unspecified atom stereocenters. The summed E-state index contributed by atoms with van der Waals surface area (Å²) in [4.78, 5) is 51.9. The van der Waals surface area contributed by atoms with Crippen LogP contribution in [-0.4, -0.2) is 60.7 Å². The lowest BCUT2D eigenvalue weighted by Crippen LogP contribution is -2.60. The van der Waals surface area contributed by atoms with Crippen LogP contribution in [0.2, 0.25) is 0 Å². The molecule has 152 valence electrons. The molecule has 4 heterocycles. The molecule has 4 aliphatic rings. The number of halogens is 1. The quantitative estimate of drug-likeness (QED) is 0.698. The summed E-state index contributed by atoms with van der Waals surface area (Å²) in [7, 11) is 0. The van der Waals surface area contributed by atoms with E-state index in [0.717, 1.165) is 50.0 Å². The van der Waals surface area contributed by atoms with E-state index < -0.39 is 35.5 Å². The minimum Gasteiger partial charge on any atom is -0.368 e. The van der Waals surface area contributed by atoms with Crippen molar-refractivity contribution >= 4 is 29.3 Å². The van der Waals surface area contributed by atoms with Crippen LogP contribution in [-0.2, 0) is 9.59 Å². The summed E-state index contributed by atoms with van der Waals surface area (Å²) in [5.74, 6) is -2.95. The Bertz CT molecular complexity index is 948. The van der Waals surface area contributed by atoms with Crippen LogP contribution in [0.5, 0.6) is 0 Å². The molecular weight excluding hydrogens is 379 g/mol. The van der Waals surface area contributed by atoms with Gasteiger partial charge in [-0.1, -0.05) is 0 Å². The van der Waals surface area contributed by atoms with Gasteiger partial charge < -0.3 is 10.2 Å². The summed E-state index contributed by atoms with van der Waals surface area (Å²) in [6.45, 7) is 3.36. The van der Waals surface area contributed by atoms with Crippen molar-refractivity contribution in [1.82, 2.24) is 15.5 Å². The Balaban J connectivity index is 1.41. The Morgan fingerprint density at radius 2 is 1.66 bits per heavy atom. The molecule has 8 nitrogen and oxygen atoms in total. The minimum atomic E-state index is -1.05. The number of nitrogens with one attached hydrogen (secondary N) is 2. The molecule has 3 fully saturated rings. The predicted molar refractivity (Wildman–Crippen MR) is 99.8 cm³/mol. The summed E-state index contributed by atoms with van der Waals surface area (Å²) in [5.41, 5.74) is 0.592. The Kier molecular flexibility index (Phi) is 3.99. The third kappa shape index (κ3) is 2.75. The normalized spacial score (nSPS) is 25.9. The molecule has 0 bridgehead atoms. The molecule has 0 aromatic heterocycles. The molecule has 1 aromatic carbocycles. The zero-order valence-electron chi connectivity index (χ0n) is 15.8. The van der Waals surface area contributed by atoms with E-state index in [1.807, 2.05) is 4.90 Å². The Morgan fingerprint density at radius 3 is 2.31 bits per heavy atom. The molecule has 9 heteroatoms. The van der Waals surface area contributed by atoms with Crippen molar-refractivity contribution in [2.24, 2.45) is 5.41 Å². The molecule has 1 spiro atoms. The van der Waals surface area contributed by atoms with Gasteiger partial charge in [-0.25, -0.2) is 4.39 Å². The molecular formula is C20H21FN4O4. The van der Waals surface area contributed by atoms with Crippen LogP contribution in [0.4, 0.5) is 10.1 Å². The summed E-state index contributed by atoms with van der Waals surface area (Å²) >= 11 is 0. The zero-order valence-corrected chi connectivity index (χ0v) is 15.8. The van der Waals surface area contributed by atoms with E-state index in [1.165, 1.54) is 6.07 Å². The van der Waals surface area contributed by atoms with E-state index >= 15 is 0 Å². The van der Waals surface area contributed by atoms with Crippen molar-refractivity contribution in [3.8, 4) is 0 Å². The van der Waals surface area contributed by atoms with Crippen LogP contribution < -0.4 is 15.5 Å². The molecule has 0 radical (unpaired) electrons. The lowest BCUT2D eigenvalue weighted by molar-refractivity contribution is -0.136. The number of amides is 4. The molecule has 0 aliphatic carbocycles. The minimum absolute atomic E-state index is 0.0296. The molecule has 4 amide bonds. The van der Waals surface area contributed by atoms with Gasteiger partial charge >= 0.3 is 0 Å². The van der Waals surface area contributed by atoms with Gasteiger partial charge in [0.05, 0.1) is 16.8 Å². The summed E-state index contributed by atoms with van der Waals surface area (Å²) in [6.07, 6.45) is 2.20. The number of benzene rings is 1. The van der Waals surface area contributed by atoms with Gasteiger partial charge in [-0.2, -0.15) is 0 Å². The van der Waals surface area contributed by atoms with Crippen molar-refractivity contribution < 1.29 is 23.6 Å². The predicted octanol–water partition coefficient (Wildman–Crippen LogP) is 0.417. The smallest absolute Gasteiger partial charge is 0.262 e. The third-order valence-corrected chi connectivity index (χ3v) is 6.56. The van der Waals surface area contributed by atoms with Gasteiger partial charge in [0.1, 0.15) is 11.9 Å². The maximum Gasteiger partial charge on any atom is 0.262 e. The first-order valence-corrected chi connectivity index (χ1v) is 9.89. The first-order valence-electron chi connectivity index (χ1n) is 9.89. The van der Waals surface area contributed by atoms with E-state index in [-0.39, 0.29) is 29.4 Å². The summed E-state index contributed by atoms with van der Waals surface area (Å²) in [5, 5.41) is 5.48. The number of carbonyl (C=O) groups excluding carboxylic acids is 4. The second-order valence-corrected chi connectivity index (χ2v) is 8.40. The number of hydrogen-bond acceptors (Lipinski definition) is 6. The van der Waals surface area contributed by atoms with Gasteiger partial charge in [0.25, 0.3) is 11.8 Å². The maximum absolute atomic E-state index is 14.8. The number of imide groups is 2. The Morgan fingerprint density at radius 1 is 1.00 bits per heavy atom. The summed E-state index contributed by atoms with van der Waals surface area (Å²) < 4.78 is 14.8. The van der Waals surface area contributed by atoms with Gasteiger partial charge in [-0.15, -0.1) is 0 Å². The van der Waals surface area contributed by atoms with Crippen molar-refractivity contribution in [3.05, 3.63) is 29.1 Å². The van der Waals surface area contributed by atoms with E-state index in [0.29, 0.717) is 5.69 Å². The van der Waals surface area contributed by atoms with Crippen molar-refractivity contribution in [2.45, 2.75) is 31.7 Å². The second-order valence-electron chi connectivity index (χ2n) is 8.40. The summed E-state index contributed by atoms with van der Waals surface area (Å²) in [6, 6.07) is 1.49. The van der Waals surface area contributed by atoms with Crippen LogP contribution >= 0.6 is 0 Å². The lowest BCUT2D eigenvalue weighted by Gasteiger charge is -2.53. The van der Waals surface area contributed by atoms with E-state index in [2.05, 4.69) is 10.6 Å². The topological polar surface area (TPSA) is 98.8 Å². The van der Waals surface area contributed by atoms with Crippen LogP contribution in [0.1, 0.15) is 46.4 Å². The highest BCUT2D eigenvalue weighted by Crippen LogP contribution is 2.43. The average molecular weight is 400 g/mol. The molecule has 3 saturated heterocycles. The first kappa shape index (κ1) is 18.2. The number of nitrogens with zero attached hydrogens (tertiary/aromatic N) is 2. The monoisotopic (exact) mass is 400 g/mol. The van der Waals surface area contributed by atoms with Gasteiger partial charge in [0.2, 0.25) is 11.8 Å². The number of hydrogen-bond donors (Lipinski definition) is 2. The molecule has 0 saturated carbocycles. The van der Waals surface area contributed by atoms with Crippen LogP contribution in [0, 0.1) is 11.2 Å². The Hall–Kier alpha value is -2.81. The standard InChI is InChI=1S/C20H21FN4O4/c21-13-7-11-12(8-15(13)24-9-20(10-24)3-5-22-6-4-20)19(29)25(18(11)28)14-1-2-16(26)23-17(14)27/h7-8,14,22H,1-6,9-10H2,(H,23,26,27). The highest BCUT2D eigenvalue weighted by atomic mass is 19.1. The fraction of sp³-hybridized carbons (Fsp3) is 0.500. The highest BCUT2D eigenvalue weighted by molar-refractivity contribution is 6.23. The third-order valence-electron chi connectivity index (χ3n) is 6.56. The van der Waals surface area contributed by atoms with E-state index in [9.17, 15) is 23.6 Å². The molecule has 1 atom stereocenters. The fourth-order valence-corrected chi connectivity index (χ4v) is 4.93. The number of piperidine rings is 2. The van der Waals surface area contributed by atoms with Crippen LogP contribution in [0.3, 0.4) is 0 Å². The van der Waals surface area contributed by atoms with E-state index in [4.69, 9.17) is 0 Å². The SMILES string of the molecule is O=C1CCC(N2C(=O)c3cc(F)c(N4CC5(CCNCC5)C4)cc3C2=O)C(=O)N1. The molecule has 5 rings (SSSR count). The molecule has 2 N–H and O–H groups in total. The lowest BCUT2D eigenvalue weighted by atomic mass is 9.72. The van der Waals surface area contributed by atoms with Crippen molar-refractivity contribution in [3.63, 3.8) is 0 Å². The first-order chi connectivity index (χ1) is 13.9. The molecule has 29 heavy (non-hydrogen) atoms. The van der Waals surface area contributed by atoms with Crippen LogP contribution in [0.25, 0.3) is 0 Å². The van der Waals surface area contributed by atoms with Crippen molar-refractivity contribution in [2.75, 3.05) is 31.1 Å². The number of rotatable bonds is 2. The highest BCUT2D eigenvalue weighted by Gasteiger charge is 2.47. The zero-order chi connectivity index (χ0) is 20.3. The molecule has 1 aromatic rings. The second kappa shape index (κ2) is 6.35. The number of fused-ring (bicyclic) bond motifs is 1. The fourth-order valence-electron chi connectivity index (χ4n) is 4.93. The number of carbonyl (C=O) groups is 4. The van der Waals surface area contributed by atoms with Crippen molar-refractivity contribution in [1.29, 1.82) is 0 Å². The van der Waals surface area contributed by atoms with Gasteiger partial charge in [-0.3, -0.25) is 29.4 Å². The van der Waals surface area contributed by atoms with Gasteiger partial charge in [0.15, 0.2) is 0 Å². The number of anilines is 1. The maximum atomic E-state index is 14.8. The van der Waals surface area contributed by atoms with Crippen LogP contribution in [0.15, 0.2) is 12.1 Å². The van der Waals surface area contributed by atoms with Gasteiger partial charge in [-0.05, 0) is 44.5 Å². The van der Waals surface area contributed by atoms with E-state index in [1.54, 1.807) is 0 Å². The van der Waals surface area contributed by atoms with Gasteiger partial charge in [0, 0.05) is 24.9 Å². The molecule has 4 aliphatic heterocycles. The average Bonchev–Trinajstić information content (AvgIpc) is 2.90.